The Bertz CT molecular complexity index is 1060. The number of nitrogen functional groups attached to an aromatic ring is 1. The highest BCUT2D eigenvalue weighted by Crippen LogP contribution is 2.38. The van der Waals surface area contributed by atoms with Gasteiger partial charge in [0.1, 0.15) is 22.5 Å². The molecule has 0 spiro atoms. The number of amides is 1. The van der Waals surface area contributed by atoms with Gasteiger partial charge in [-0.25, -0.2) is 4.98 Å². The number of thiazole rings is 1. The molecule has 1 amide bonds. The van der Waals surface area contributed by atoms with Gasteiger partial charge in [0.25, 0.3) is 0 Å². The molecule has 9 heteroatoms. The Morgan fingerprint density at radius 1 is 1.21 bits per heavy atom. The van der Waals surface area contributed by atoms with Gasteiger partial charge in [-0.2, -0.15) is 0 Å². The molecule has 0 saturated carbocycles. The third-order valence-electron chi connectivity index (χ3n) is 4.30. The van der Waals surface area contributed by atoms with Gasteiger partial charge in [0.15, 0.2) is 5.13 Å². The fourth-order valence-corrected chi connectivity index (χ4v) is 4.04. The van der Waals surface area contributed by atoms with Crippen LogP contribution in [0.25, 0.3) is 0 Å². The number of anilines is 3. The molecule has 1 unspecified atom stereocenters. The van der Waals surface area contributed by atoms with Gasteiger partial charge in [-0.1, -0.05) is 53.3 Å². The highest BCUT2D eigenvalue weighted by Gasteiger charge is 2.27. The normalized spacial score (nSPS) is 11.7. The van der Waals surface area contributed by atoms with Crippen molar-refractivity contribution in [2.45, 2.75) is 13.0 Å². The predicted octanol–water partition coefficient (Wildman–Crippen LogP) is 3.63. The van der Waals surface area contributed by atoms with Crippen LogP contribution >= 0.6 is 22.9 Å². The molecule has 29 heavy (non-hydrogen) atoms. The molecule has 0 aliphatic heterocycles. The van der Waals surface area contributed by atoms with Crippen molar-refractivity contribution >= 4 is 51.3 Å². The number of hydrogen-bond acceptors (Lipinski definition) is 7. The van der Waals surface area contributed by atoms with Gasteiger partial charge in [-0.05, 0) is 25.1 Å². The lowest BCUT2D eigenvalue weighted by atomic mass is 10.1. The maximum Gasteiger partial charge on any atom is 0.240 e. The number of nitrogens with two attached hydrogens (primary N) is 2. The molecule has 1 atom stereocenters. The summed E-state index contributed by atoms with van der Waals surface area (Å²) in [7, 11) is 1.51. The maximum atomic E-state index is 12.8. The van der Waals surface area contributed by atoms with Crippen molar-refractivity contribution in [2.75, 3.05) is 17.7 Å². The van der Waals surface area contributed by atoms with E-state index in [0.717, 1.165) is 11.3 Å². The first-order valence-electron chi connectivity index (χ1n) is 8.61. The third-order valence-corrected chi connectivity index (χ3v) is 5.67. The number of carbonyl (C=O) groups is 2. The molecule has 0 aliphatic carbocycles. The van der Waals surface area contributed by atoms with Gasteiger partial charge in [0, 0.05) is 11.3 Å². The molecule has 1 aromatic heterocycles. The molecule has 0 fully saturated rings. The average molecular weight is 431 g/mol. The number of primary amides is 1. The smallest absolute Gasteiger partial charge is 0.240 e. The Morgan fingerprint density at radius 3 is 2.48 bits per heavy atom. The molecule has 4 N–H and O–H groups in total. The Morgan fingerprint density at radius 2 is 1.90 bits per heavy atom. The van der Waals surface area contributed by atoms with Gasteiger partial charge < -0.3 is 21.1 Å². The van der Waals surface area contributed by atoms with Crippen LogP contribution in [0.1, 0.15) is 22.2 Å². The Hall–Kier alpha value is -3.10. The van der Waals surface area contributed by atoms with Crippen molar-refractivity contribution in [1.29, 1.82) is 0 Å². The number of aromatic nitrogens is 1. The average Bonchev–Trinajstić information content (AvgIpc) is 3.09. The lowest BCUT2D eigenvalue weighted by molar-refractivity contribution is -0.118. The molecule has 0 aliphatic rings. The topological polar surface area (TPSA) is 112 Å². The monoisotopic (exact) mass is 430 g/mol. The summed E-state index contributed by atoms with van der Waals surface area (Å²) < 4.78 is 5.18. The molecule has 0 saturated heterocycles. The largest absolute Gasteiger partial charge is 0.495 e. The Balaban J connectivity index is 2.07. The van der Waals surface area contributed by atoms with Crippen molar-refractivity contribution in [3.8, 4) is 5.75 Å². The summed E-state index contributed by atoms with van der Waals surface area (Å²) in [5.41, 5.74) is 12.6. The summed E-state index contributed by atoms with van der Waals surface area (Å²) in [4.78, 5) is 31.0. The van der Waals surface area contributed by atoms with Crippen molar-refractivity contribution in [3.63, 3.8) is 0 Å². The van der Waals surface area contributed by atoms with E-state index in [0.29, 0.717) is 27.2 Å². The standard InChI is InChI=1S/C20H19ClN4O3S/c1-11(19(23)27)25(13-8-9-15(28-2)14(21)10-13)20-24-18(22)17(29-20)16(26)12-6-4-3-5-7-12/h3-11H,22H2,1-2H3,(H2,23,27). The summed E-state index contributed by atoms with van der Waals surface area (Å²) >= 11 is 7.33. The zero-order valence-corrected chi connectivity index (χ0v) is 17.3. The predicted molar refractivity (Wildman–Crippen MR) is 115 cm³/mol. The van der Waals surface area contributed by atoms with Crippen LogP contribution in [-0.4, -0.2) is 29.8 Å². The lowest BCUT2D eigenvalue weighted by Gasteiger charge is -2.27. The number of methoxy groups -OCH3 is 1. The van der Waals surface area contributed by atoms with Gasteiger partial charge in [0.05, 0.1) is 12.1 Å². The summed E-state index contributed by atoms with van der Waals surface area (Å²) in [6.45, 7) is 1.64. The minimum atomic E-state index is -0.760. The molecule has 150 valence electrons. The van der Waals surface area contributed by atoms with E-state index in [1.165, 1.54) is 7.11 Å². The number of nitrogens with zero attached hydrogens (tertiary/aromatic N) is 2. The molecular weight excluding hydrogens is 412 g/mol. The number of carbonyl (C=O) groups excluding carboxylic acids is 2. The molecule has 1 heterocycles. The van der Waals surface area contributed by atoms with Crippen molar-refractivity contribution in [3.05, 3.63) is 64.0 Å². The van der Waals surface area contributed by atoms with Crippen LogP contribution in [-0.2, 0) is 4.79 Å². The Kier molecular flexibility index (Phi) is 6.05. The van der Waals surface area contributed by atoms with E-state index in [9.17, 15) is 9.59 Å². The number of hydrogen-bond donors (Lipinski definition) is 2. The van der Waals surface area contributed by atoms with Crippen LogP contribution in [0.15, 0.2) is 48.5 Å². The first-order valence-corrected chi connectivity index (χ1v) is 9.81. The molecule has 3 rings (SSSR count). The van der Waals surface area contributed by atoms with Gasteiger partial charge >= 0.3 is 0 Å². The lowest BCUT2D eigenvalue weighted by Crippen LogP contribution is -2.39. The summed E-state index contributed by atoms with van der Waals surface area (Å²) in [5, 5.41) is 0.714. The molecule has 0 radical (unpaired) electrons. The van der Waals surface area contributed by atoms with Gasteiger partial charge in [-0.3, -0.25) is 9.59 Å². The van der Waals surface area contributed by atoms with E-state index in [-0.39, 0.29) is 16.5 Å². The van der Waals surface area contributed by atoms with Crippen molar-refractivity contribution < 1.29 is 14.3 Å². The number of ether oxygens (including phenoxy) is 1. The quantitative estimate of drug-likeness (QED) is 0.553. The van der Waals surface area contributed by atoms with Crippen LogP contribution in [0.5, 0.6) is 5.75 Å². The summed E-state index contributed by atoms with van der Waals surface area (Å²) in [6, 6.07) is 13.0. The molecule has 3 aromatic rings. The number of ketones is 1. The first-order chi connectivity index (χ1) is 13.8. The zero-order valence-electron chi connectivity index (χ0n) is 15.8. The SMILES string of the molecule is COc1ccc(N(c2nc(N)c(C(=O)c3ccccc3)s2)C(C)C(N)=O)cc1Cl. The first kappa shape index (κ1) is 20.6. The highest BCUT2D eigenvalue weighted by molar-refractivity contribution is 7.18. The third kappa shape index (κ3) is 4.18. The minimum absolute atomic E-state index is 0.0835. The Labute approximate surface area is 176 Å². The molecule has 0 bridgehead atoms. The van der Waals surface area contributed by atoms with E-state index in [1.807, 2.05) is 6.07 Å². The van der Waals surface area contributed by atoms with Crippen LogP contribution in [0, 0.1) is 0 Å². The zero-order chi connectivity index (χ0) is 21.1. The van der Waals surface area contributed by atoms with E-state index >= 15 is 0 Å². The van der Waals surface area contributed by atoms with Crippen LogP contribution in [0.3, 0.4) is 0 Å². The van der Waals surface area contributed by atoms with E-state index in [4.69, 9.17) is 27.8 Å². The number of rotatable bonds is 7. The highest BCUT2D eigenvalue weighted by atomic mass is 35.5. The maximum absolute atomic E-state index is 12.8. The second-order valence-corrected chi connectivity index (χ2v) is 7.56. The van der Waals surface area contributed by atoms with Crippen molar-refractivity contribution in [2.24, 2.45) is 5.73 Å². The van der Waals surface area contributed by atoms with E-state index in [2.05, 4.69) is 4.98 Å². The van der Waals surface area contributed by atoms with E-state index in [1.54, 1.807) is 54.3 Å². The summed E-state index contributed by atoms with van der Waals surface area (Å²) in [6.07, 6.45) is 0. The van der Waals surface area contributed by atoms with Crippen LogP contribution in [0.4, 0.5) is 16.6 Å². The van der Waals surface area contributed by atoms with Crippen LogP contribution in [0.2, 0.25) is 5.02 Å². The second kappa shape index (κ2) is 8.50. The fourth-order valence-electron chi connectivity index (χ4n) is 2.74. The summed E-state index contributed by atoms with van der Waals surface area (Å²) in [5.74, 6) is -0.242. The second-order valence-electron chi connectivity index (χ2n) is 6.17. The van der Waals surface area contributed by atoms with E-state index < -0.39 is 11.9 Å². The van der Waals surface area contributed by atoms with Crippen molar-refractivity contribution in [1.82, 2.24) is 4.98 Å². The van der Waals surface area contributed by atoms with Gasteiger partial charge in [-0.15, -0.1) is 0 Å². The molecular formula is C20H19ClN4O3S. The molecule has 7 nitrogen and oxygen atoms in total. The number of halogens is 1. The fraction of sp³-hybridized carbons (Fsp3) is 0.150. The van der Waals surface area contributed by atoms with Gasteiger partial charge in [0.2, 0.25) is 11.7 Å². The van der Waals surface area contributed by atoms with Crippen LogP contribution < -0.4 is 21.1 Å². The molecule has 2 aromatic carbocycles. The minimum Gasteiger partial charge on any atom is -0.495 e. The number of benzene rings is 2.